The molecule has 1 N–H and O–H groups in total. The minimum absolute atomic E-state index is 0.0166. The summed E-state index contributed by atoms with van der Waals surface area (Å²) in [6.45, 7) is 5.60. The zero-order valence-electron chi connectivity index (χ0n) is 18.9. The van der Waals surface area contributed by atoms with Gasteiger partial charge in [0, 0.05) is 49.4 Å². The molecule has 1 saturated heterocycles. The molecule has 3 aromatic rings. The predicted octanol–water partition coefficient (Wildman–Crippen LogP) is 5.20. The van der Waals surface area contributed by atoms with Gasteiger partial charge >= 0.3 is 0 Å². The first kappa shape index (κ1) is 24.5. The van der Waals surface area contributed by atoms with E-state index in [9.17, 15) is 14.0 Å². The second-order valence-electron chi connectivity index (χ2n) is 7.91. The van der Waals surface area contributed by atoms with Crippen LogP contribution in [0.15, 0.2) is 66.0 Å². The summed E-state index contributed by atoms with van der Waals surface area (Å²) >= 11 is 1.65. The zero-order chi connectivity index (χ0) is 23.6. The third-order valence-corrected chi connectivity index (χ3v) is 6.15. The molecule has 0 saturated carbocycles. The third-order valence-electron chi connectivity index (χ3n) is 5.27. The zero-order valence-corrected chi connectivity index (χ0v) is 19.7. The van der Waals surface area contributed by atoms with Gasteiger partial charge in [-0.2, -0.15) is 0 Å². The Labute approximate surface area is 198 Å². The highest BCUT2D eigenvalue weighted by Gasteiger charge is 2.21. The molecule has 0 aliphatic carbocycles. The lowest BCUT2D eigenvalue weighted by molar-refractivity contribution is -0.130. The van der Waals surface area contributed by atoms with Crippen molar-refractivity contribution in [1.29, 1.82) is 0 Å². The molecule has 5 nitrogen and oxygen atoms in total. The summed E-state index contributed by atoms with van der Waals surface area (Å²) in [4.78, 5) is 25.9. The lowest BCUT2D eigenvalue weighted by Gasteiger charge is -2.31. The van der Waals surface area contributed by atoms with Crippen LogP contribution in [0.25, 0.3) is 0 Å². The Morgan fingerprint density at radius 3 is 2.48 bits per heavy atom. The average molecular weight is 469 g/mol. The van der Waals surface area contributed by atoms with Crippen molar-refractivity contribution in [1.82, 2.24) is 10.2 Å². The van der Waals surface area contributed by atoms with E-state index in [2.05, 4.69) is 5.32 Å². The smallest absolute Gasteiger partial charge is 0.251 e. The highest BCUT2D eigenvalue weighted by Crippen LogP contribution is 2.19. The molecular weight excluding hydrogens is 439 g/mol. The molecule has 33 heavy (non-hydrogen) atoms. The number of nitrogens with one attached hydrogen (secondary N) is 1. The van der Waals surface area contributed by atoms with Crippen LogP contribution in [-0.2, 0) is 11.3 Å². The van der Waals surface area contributed by atoms with Crippen molar-refractivity contribution in [2.24, 2.45) is 0 Å². The number of ether oxygens (including phenoxy) is 1. The van der Waals surface area contributed by atoms with E-state index in [1.54, 1.807) is 30.4 Å². The summed E-state index contributed by atoms with van der Waals surface area (Å²) in [5.41, 5.74) is 1.82. The van der Waals surface area contributed by atoms with Crippen molar-refractivity contribution in [3.63, 3.8) is 0 Å². The molecule has 0 spiro atoms. The van der Waals surface area contributed by atoms with Gasteiger partial charge in [0.15, 0.2) is 0 Å². The Hall–Kier alpha value is -3.19. The number of carbonyl (C=O) groups is 2. The predicted molar refractivity (Wildman–Crippen MR) is 129 cm³/mol. The number of nitrogens with zero attached hydrogens (tertiary/aromatic N) is 1. The number of rotatable bonds is 5. The van der Waals surface area contributed by atoms with E-state index in [0.29, 0.717) is 12.3 Å². The quantitative estimate of drug-likeness (QED) is 0.560. The van der Waals surface area contributed by atoms with Crippen LogP contribution in [0.1, 0.15) is 40.6 Å². The summed E-state index contributed by atoms with van der Waals surface area (Å²) in [6.07, 6.45) is 1.68. The van der Waals surface area contributed by atoms with E-state index in [-0.39, 0.29) is 23.7 Å². The summed E-state index contributed by atoms with van der Waals surface area (Å²) < 4.78 is 18.6. The molecule has 7 heteroatoms. The van der Waals surface area contributed by atoms with Gasteiger partial charge in [-0.1, -0.05) is 29.8 Å². The molecule has 0 bridgehead atoms. The number of carbonyl (C=O) groups excluding carboxylic acids is 2. The first-order valence-corrected chi connectivity index (χ1v) is 11.8. The highest BCUT2D eigenvalue weighted by molar-refractivity contribution is 7.09. The van der Waals surface area contributed by atoms with Gasteiger partial charge in [-0.25, -0.2) is 4.39 Å². The Balaban J connectivity index is 0.000000186. The van der Waals surface area contributed by atoms with Gasteiger partial charge in [-0.3, -0.25) is 9.59 Å². The number of thiophene rings is 1. The molecule has 1 aromatic heterocycles. The number of piperidine rings is 1. The van der Waals surface area contributed by atoms with E-state index >= 15 is 0 Å². The lowest BCUT2D eigenvalue weighted by Crippen LogP contribution is -2.40. The topological polar surface area (TPSA) is 58.6 Å². The summed E-state index contributed by atoms with van der Waals surface area (Å²) in [7, 11) is 0. The Bertz CT molecular complexity index is 1050. The van der Waals surface area contributed by atoms with Gasteiger partial charge in [0.2, 0.25) is 5.91 Å². The minimum atomic E-state index is -0.288. The van der Waals surface area contributed by atoms with Crippen LogP contribution in [0.5, 0.6) is 5.75 Å². The number of aryl methyl sites for hydroxylation is 1. The molecule has 2 aromatic carbocycles. The molecule has 1 aliphatic heterocycles. The first-order chi connectivity index (χ1) is 15.9. The molecule has 0 unspecified atom stereocenters. The van der Waals surface area contributed by atoms with Gasteiger partial charge in [0.1, 0.15) is 17.7 Å². The van der Waals surface area contributed by atoms with E-state index in [4.69, 9.17) is 4.74 Å². The van der Waals surface area contributed by atoms with Crippen molar-refractivity contribution in [3.05, 3.63) is 87.9 Å². The maximum atomic E-state index is 13.0. The van der Waals surface area contributed by atoms with Gasteiger partial charge in [0.25, 0.3) is 5.91 Å². The van der Waals surface area contributed by atoms with Crippen molar-refractivity contribution in [3.8, 4) is 5.75 Å². The molecule has 174 valence electrons. The summed E-state index contributed by atoms with van der Waals surface area (Å²) in [5.74, 6) is 0.362. The van der Waals surface area contributed by atoms with Crippen LogP contribution < -0.4 is 10.1 Å². The summed E-state index contributed by atoms with van der Waals surface area (Å²) in [5, 5.41) is 4.91. The fourth-order valence-electron chi connectivity index (χ4n) is 3.49. The molecule has 1 aliphatic rings. The lowest BCUT2D eigenvalue weighted by atomic mass is 10.1. The van der Waals surface area contributed by atoms with Crippen LogP contribution in [0.3, 0.4) is 0 Å². The van der Waals surface area contributed by atoms with Crippen LogP contribution in [0, 0.1) is 12.7 Å². The number of halogens is 1. The van der Waals surface area contributed by atoms with Crippen molar-refractivity contribution >= 4 is 23.2 Å². The monoisotopic (exact) mass is 468 g/mol. The number of amides is 2. The average Bonchev–Trinajstić information content (AvgIpc) is 3.32. The van der Waals surface area contributed by atoms with Crippen LogP contribution in [0.2, 0.25) is 0 Å². The number of hydrogen-bond donors (Lipinski definition) is 1. The molecule has 1 fully saturated rings. The largest absolute Gasteiger partial charge is 0.490 e. The maximum Gasteiger partial charge on any atom is 0.251 e. The van der Waals surface area contributed by atoms with E-state index < -0.39 is 0 Å². The molecule has 4 rings (SSSR count). The van der Waals surface area contributed by atoms with Gasteiger partial charge in [-0.15, -0.1) is 11.3 Å². The van der Waals surface area contributed by atoms with Crippen molar-refractivity contribution in [2.75, 3.05) is 13.1 Å². The van der Waals surface area contributed by atoms with Crippen LogP contribution >= 0.6 is 11.3 Å². The Morgan fingerprint density at radius 2 is 1.85 bits per heavy atom. The molecule has 2 amide bonds. The van der Waals surface area contributed by atoms with E-state index in [1.165, 1.54) is 17.0 Å². The van der Waals surface area contributed by atoms with E-state index in [1.807, 2.05) is 53.6 Å². The van der Waals surface area contributed by atoms with Crippen LogP contribution in [0.4, 0.5) is 4.39 Å². The standard InChI is InChI=1S/C13H16FNO2.C13H13NOS/c1-10(16)15-7-5-12(6-8-15)17-13-4-2-3-11(14)9-13;1-10-4-2-5-11(8-10)13(15)14-9-12-6-3-7-16-12/h2-4,9,12H,5-8H2,1H3;2-8H,9H2,1H3,(H,14,15). The van der Waals surface area contributed by atoms with Gasteiger partial charge < -0.3 is 15.0 Å². The second-order valence-corrected chi connectivity index (χ2v) is 8.94. The minimum Gasteiger partial charge on any atom is -0.490 e. The Kier molecular flexibility index (Phi) is 9.01. The Morgan fingerprint density at radius 1 is 1.09 bits per heavy atom. The normalized spacial score (nSPS) is 13.6. The highest BCUT2D eigenvalue weighted by atomic mass is 32.1. The fourth-order valence-corrected chi connectivity index (χ4v) is 4.13. The number of hydrogen-bond acceptors (Lipinski definition) is 4. The third kappa shape index (κ3) is 8.02. The first-order valence-electron chi connectivity index (χ1n) is 11.0. The second kappa shape index (κ2) is 12.2. The number of likely N-dealkylation sites (tertiary alicyclic amines) is 1. The molecule has 2 heterocycles. The van der Waals surface area contributed by atoms with Gasteiger partial charge in [0.05, 0.1) is 6.54 Å². The number of benzene rings is 2. The fraction of sp³-hybridized carbons (Fsp3) is 0.308. The SMILES string of the molecule is CC(=O)N1CCC(Oc2cccc(F)c2)CC1.Cc1cccc(C(=O)NCc2cccs2)c1. The molecular formula is C26H29FN2O3S. The van der Waals surface area contributed by atoms with E-state index in [0.717, 1.165) is 37.1 Å². The van der Waals surface area contributed by atoms with Crippen LogP contribution in [-0.4, -0.2) is 35.9 Å². The van der Waals surface area contributed by atoms with Crippen molar-refractivity contribution in [2.45, 2.75) is 39.3 Å². The van der Waals surface area contributed by atoms with Gasteiger partial charge in [-0.05, 0) is 42.6 Å². The molecule has 0 atom stereocenters. The van der Waals surface area contributed by atoms with Crippen molar-refractivity contribution < 1.29 is 18.7 Å². The summed E-state index contributed by atoms with van der Waals surface area (Å²) in [6, 6.07) is 17.8. The maximum absolute atomic E-state index is 13.0. The molecule has 0 radical (unpaired) electrons.